The number of aliphatic carboxylic acids is 1. The average molecular weight is 463 g/mol. The van der Waals surface area contributed by atoms with Gasteiger partial charge in [0.05, 0.1) is 0 Å². The molecule has 7 heteroatoms. The predicted octanol–water partition coefficient (Wildman–Crippen LogP) is 3.92. The van der Waals surface area contributed by atoms with Crippen LogP contribution in [0.4, 0.5) is 4.79 Å². The largest absolute Gasteiger partial charge is 0.480 e. The molecule has 0 saturated heterocycles. The third-order valence-electron chi connectivity index (χ3n) is 7.81. The minimum atomic E-state index is -1.29. The average Bonchev–Trinajstić information content (AvgIpc) is 3.31. The van der Waals surface area contributed by atoms with Crippen LogP contribution >= 0.6 is 0 Å². The lowest BCUT2D eigenvalue weighted by Gasteiger charge is -2.40. The SMILES string of the molecule is CC(C)(NC(=O)C1C[C@@H]2C[C@H](NC(=O)OCC3c4ccccc4-c4ccccc43)[C@@H]2C1)C(=O)O. The molecule has 4 atom stereocenters. The van der Waals surface area contributed by atoms with Crippen molar-refractivity contribution in [2.75, 3.05) is 6.61 Å². The van der Waals surface area contributed by atoms with E-state index in [9.17, 15) is 19.5 Å². The number of carboxylic acids is 1. The van der Waals surface area contributed by atoms with Gasteiger partial charge in [0.15, 0.2) is 0 Å². The lowest BCUT2D eigenvalue weighted by molar-refractivity contribution is -0.146. The summed E-state index contributed by atoms with van der Waals surface area (Å²) < 4.78 is 5.67. The van der Waals surface area contributed by atoms with Crippen LogP contribution in [0.5, 0.6) is 0 Å². The van der Waals surface area contributed by atoms with E-state index in [1.54, 1.807) is 0 Å². The fourth-order valence-electron chi connectivity index (χ4n) is 5.86. The van der Waals surface area contributed by atoms with Crippen molar-refractivity contribution in [2.24, 2.45) is 17.8 Å². The van der Waals surface area contributed by atoms with Gasteiger partial charge >= 0.3 is 12.1 Å². The second kappa shape index (κ2) is 8.46. The van der Waals surface area contributed by atoms with Crippen molar-refractivity contribution in [3.05, 3.63) is 59.7 Å². The first-order valence-corrected chi connectivity index (χ1v) is 11.9. The summed E-state index contributed by atoms with van der Waals surface area (Å²) in [5.41, 5.74) is 3.44. The van der Waals surface area contributed by atoms with Gasteiger partial charge in [-0.05, 0) is 67.2 Å². The number of alkyl carbamates (subject to hydrolysis) is 1. The summed E-state index contributed by atoms with van der Waals surface area (Å²) >= 11 is 0. The first-order valence-electron chi connectivity index (χ1n) is 11.9. The Kier molecular flexibility index (Phi) is 5.58. The Morgan fingerprint density at radius 3 is 2.21 bits per heavy atom. The van der Waals surface area contributed by atoms with Gasteiger partial charge < -0.3 is 20.5 Å². The summed E-state index contributed by atoms with van der Waals surface area (Å²) in [4.78, 5) is 36.5. The van der Waals surface area contributed by atoms with Crippen LogP contribution in [-0.2, 0) is 14.3 Å². The summed E-state index contributed by atoms with van der Waals surface area (Å²) in [6, 6.07) is 16.4. The van der Waals surface area contributed by atoms with Crippen molar-refractivity contribution in [3.8, 4) is 11.1 Å². The normalized spacial score (nSPS) is 24.9. The van der Waals surface area contributed by atoms with Crippen molar-refractivity contribution in [1.82, 2.24) is 10.6 Å². The molecule has 3 N–H and O–H groups in total. The molecular formula is C27H30N2O5. The Morgan fingerprint density at radius 1 is 0.971 bits per heavy atom. The zero-order valence-electron chi connectivity index (χ0n) is 19.4. The maximum absolute atomic E-state index is 12.6. The van der Waals surface area contributed by atoms with E-state index in [4.69, 9.17) is 4.74 Å². The summed E-state index contributed by atoms with van der Waals surface area (Å²) in [6.07, 6.45) is 1.78. The third-order valence-corrected chi connectivity index (χ3v) is 7.81. The van der Waals surface area contributed by atoms with Gasteiger partial charge in [0, 0.05) is 17.9 Å². The van der Waals surface area contributed by atoms with Crippen LogP contribution in [0, 0.1) is 17.8 Å². The summed E-state index contributed by atoms with van der Waals surface area (Å²) in [7, 11) is 0. The molecule has 3 aliphatic carbocycles. The van der Waals surface area contributed by atoms with Gasteiger partial charge in [0.2, 0.25) is 5.91 Å². The minimum Gasteiger partial charge on any atom is -0.480 e. The van der Waals surface area contributed by atoms with Crippen LogP contribution < -0.4 is 10.6 Å². The van der Waals surface area contributed by atoms with E-state index in [0.717, 1.165) is 12.8 Å². The van der Waals surface area contributed by atoms with Gasteiger partial charge in [0.25, 0.3) is 0 Å². The molecule has 0 aliphatic heterocycles. The summed E-state index contributed by atoms with van der Waals surface area (Å²) in [6.45, 7) is 3.24. The maximum Gasteiger partial charge on any atom is 0.407 e. The number of hydrogen-bond donors (Lipinski definition) is 3. The fraction of sp³-hybridized carbons (Fsp3) is 0.444. The molecule has 2 saturated carbocycles. The highest BCUT2D eigenvalue weighted by Crippen LogP contribution is 2.50. The molecule has 0 bridgehead atoms. The van der Waals surface area contributed by atoms with Crippen molar-refractivity contribution in [1.29, 1.82) is 0 Å². The molecule has 7 nitrogen and oxygen atoms in total. The number of nitrogens with one attached hydrogen (secondary N) is 2. The Hall–Kier alpha value is -3.35. The van der Waals surface area contributed by atoms with E-state index in [2.05, 4.69) is 34.9 Å². The summed E-state index contributed by atoms with van der Waals surface area (Å²) in [5, 5.41) is 14.9. The van der Waals surface area contributed by atoms with Gasteiger partial charge in [-0.2, -0.15) is 0 Å². The van der Waals surface area contributed by atoms with Gasteiger partial charge in [-0.25, -0.2) is 9.59 Å². The number of carbonyl (C=O) groups excluding carboxylic acids is 2. The molecule has 2 fully saturated rings. The lowest BCUT2D eigenvalue weighted by Crippen LogP contribution is -2.51. The van der Waals surface area contributed by atoms with Crippen molar-refractivity contribution >= 4 is 18.0 Å². The van der Waals surface area contributed by atoms with Crippen LogP contribution in [0.25, 0.3) is 11.1 Å². The number of fused-ring (bicyclic) bond motifs is 4. The Morgan fingerprint density at radius 2 is 1.59 bits per heavy atom. The Balaban J connectivity index is 1.15. The third kappa shape index (κ3) is 3.93. The molecule has 178 valence electrons. The highest BCUT2D eigenvalue weighted by Gasteiger charge is 2.50. The Bertz CT molecular complexity index is 1100. The molecule has 0 radical (unpaired) electrons. The molecular weight excluding hydrogens is 432 g/mol. The first kappa shape index (κ1) is 22.4. The first-order chi connectivity index (χ1) is 16.2. The van der Waals surface area contributed by atoms with Crippen LogP contribution in [0.15, 0.2) is 48.5 Å². The fourth-order valence-corrected chi connectivity index (χ4v) is 5.86. The van der Waals surface area contributed by atoms with E-state index >= 15 is 0 Å². The summed E-state index contributed by atoms with van der Waals surface area (Å²) in [5.74, 6) is -0.877. The van der Waals surface area contributed by atoms with E-state index < -0.39 is 17.6 Å². The molecule has 0 spiro atoms. The standard InChI is InChI=1S/C27H30N2O5/c1-27(2,25(31)32)29-24(30)16-11-15-13-23(21(15)12-16)28-26(33)34-14-22-19-9-5-3-7-17(19)18-8-4-6-10-20(18)22/h3-10,15-16,21-23H,11-14H2,1-2H3,(H,28,33)(H,29,30)(H,31,32)/t15-,16?,21-,23+/m1/s1. The molecule has 0 aromatic heterocycles. The number of carboxylic acid groups (broad SMARTS) is 1. The number of rotatable bonds is 6. The zero-order valence-corrected chi connectivity index (χ0v) is 19.4. The van der Waals surface area contributed by atoms with Crippen LogP contribution in [-0.4, -0.2) is 41.3 Å². The van der Waals surface area contributed by atoms with Crippen LogP contribution in [0.1, 0.15) is 50.2 Å². The van der Waals surface area contributed by atoms with Crippen molar-refractivity contribution in [3.63, 3.8) is 0 Å². The molecule has 2 aromatic carbocycles. The molecule has 1 unspecified atom stereocenters. The van der Waals surface area contributed by atoms with Gasteiger partial charge in [0.1, 0.15) is 12.1 Å². The second-order valence-corrected chi connectivity index (χ2v) is 10.3. The maximum atomic E-state index is 12.6. The van der Waals surface area contributed by atoms with Crippen LogP contribution in [0.2, 0.25) is 0 Å². The topological polar surface area (TPSA) is 105 Å². The quantitative estimate of drug-likeness (QED) is 0.604. The smallest absolute Gasteiger partial charge is 0.407 e. The van der Waals surface area contributed by atoms with Crippen molar-refractivity contribution in [2.45, 2.75) is 50.6 Å². The van der Waals surface area contributed by atoms with E-state index in [1.165, 1.54) is 36.1 Å². The van der Waals surface area contributed by atoms with E-state index in [0.29, 0.717) is 12.3 Å². The van der Waals surface area contributed by atoms with E-state index in [-0.39, 0.29) is 36.3 Å². The monoisotopic (exact) mass is 462 g/mol. The molecule has 0 heterocycles. The second-order valence-electron chi connectivity index (χ2n) is 10.3. The Labute approximate surface area is 198 Å². The molecule has 34 heavy (non-hydrogen) atoms. The zero-order chi connectivity index (χ0) is 24.0. The van der Waals surface area contributed by atoms with Crippen molar-refractivity contribution < 1.29 is 24.2 Å². The number of ether oxygens (including phenoxy) is 1. The number of carbonyl (C=O) groups is 3. The number of benzene rings is 2. The minimum absolute atomic E-state index is 0.00839. The number of amides is 2. The van der Waals surface area contributed by atoms with Gasteiger partial charge in [-0.3, -0.25) is 4.79 Å². The lowest BCUT2D eigenvalue weighted by atomic mass is 9.71. The van der Waals surface area contributed by atoms with E-state index in [1.807, 2.05) is 24.3 Å². The van der Waals surface area contributed by atoms with Crippen LogP contribution in [0.3, 0.4) is 0 Å². The highest BCUT2D eigenvalue weighted by molar-refractivity contribution is 5.87. The van der Waals surface area contributed by atoms with Gasteiger partial charge in [-0.15, -0.1) is 0 Å². The predicted molar refractivity (Wildman–Crippen MR) is 126 cm³/mol. The molecule has 5 rings (SSSR count). The highest BCUT2D eigenvalue weighted by atomic mass is 16.5. The molecule has 3 aliphatic rings. The number of hydrogen-bond acceptors (Lipinski definition) is 4. The molecule has 2 aromatic rings. The molecule has 2 amide bonds. The van der Waals surface area contributed by atoms with Gasteiger partial charge in [-0.1, -0.05) is 48.5 Å².